The largest absolute Gasteiger partial charge is 0.481 e. The Balaban J connectivity index is 2.11. The fraction of sp³-hybridized carbons (Fsp3) is 0.333. The van der Waals surface area contributed by atoms with Crippen molar-refractivity contribution in [2.75, 3.05) is 5.32 Å². The van der Waals surface area contributed by atoms with Crippen molar-refractivity contribution in [2.24, 2.45) is 11.8 Å². The van der Waals surface area contributed by atoms with E-state index in [0.717, 1.165) is 6.07 Å². The number of hydrogen-bond acceptors (Lipinski definition) is 2. The third-order valence-electron chi connectivity index (χ3n) is 2.98. The van der Waals surface area contributed by atoms with Crippen molar-refractivity contribution in [3.63, 3.8) is 0 Å². The van der Waals surface area contributed by atoms with Crippen LogP contribution in [0.2, 0.25) is 0 Å². The Hall–Kier alpha value is -1.57. The summed E-state index contributed by atoms with van der Waals surface area (Å²) in [5, 5.41) is 11.0. The molecule has 1 saturated carbocycles. The van der Waals surface area contributed by atoms with Crippen LogP contribution >= 0.6 is 15.9 Å². The molecule has 20 heavy (non-hydrogen) atoms. The van der Waals surface area contributed by atoms with Gasteiger partial charge in [-0.05, 0) is 24.6 Å². The van der Waals surface area contributed by atoms with E-state index in [4.69, 9.17) is 5.11 Å². The highest BCUT2D eigenvalue weighted by Gasteiger charge is 2.48. The summed E-state index contributed by atoms with van der Waals surface area (Å²) >= 11 is 2.79. The second kappa shape index (κ2) is 5.08. The molecule has 108 valence electrons. The topological polar surface area (TPSA) is 66.4 Å². The van der Waals surface area contributed by atoms with Crippen LogP contribution in [0.5, 0.6) is 0 Å². The molecule has 1 fully saturated rings. The predicted molar refractivity (Wildman–Crippen MR) is 67.0 cm³/mol. The van der Waals surface area contributed by atoms with E-state index in [2.05, 4.69) is 21.2 Å². The maximum absolute atomic E-state index is 12.7. The highest BCUT2D eigenvalue weighted by Crippen LogP contribution is 2.40. The van der Waals surface area contributed by atoms with E-state index in [9.17, 15) is 22.8 Å². The van der Waals surface area contributed by atoms with Gasteiger partial charge in [0.05, 0.1) is 17.4 Å². The molecule has 0 radical (unpaired) electrons. The molecule has 0 aromatic heterocycles. The van der Waals surface area contributed by atoms with Crippen LogP contribution in [-0.4, -0.2) is 17.0 Å². The predicted octanol–water partition coefficient (Wildman–Crippen LogP) is 3.13. The van der Waals surface area contributed by atoms with Crippen molar-refractivity contribution in [1.82, 2.24) is 0 Å². The molecule has 0 saturated heterocycles. The van der Waals surface area contributed by atoms with Crippen molar-refractivity contribution in [2.45, 2.75) is 12.6 Å². The molecule has 0 unspecified atom stereocenters. The van der Waals surface area contributed by atoms with Gasteiger partial charge in [-0.25, -0.2) is 0 Å². The van der Waals surface area contributed by atoms with Crippen LogP contribution in [0.25, 0.3) is 0 Å². The van der Waals surface area contributed by atoms with E-state index >= 15 is 0 Å². The lowest BCUT2D eigenvalue weighted by Crippen LogP contribution is -2.17. The summed E-state index contributed by atoms with van der Waals surface area (Å²) in [6.07, 6.45) is -4.33. The number of carboxylic acid groups (broad SMARTS) is 1. The fourth-order valence-corrected chi connectivity index (χ4v) is 2.28. The molecule has 1 aliphatic rings. The van der Waals surface area contributed by atoms with Gasteiger partial charge in [0.15, 0.2) is 0 Å². The number of rotatable bonds is 3. The second-order valence-electron chi connectivity index (χ2n) is 4.47. The maximum atomic E-state index is 12.7. The molecule has 0 spiro atoms. The normalized spacial score (nSPS) is 21.4. The highest BCUT2D eigenvalue weighted by molar-refractivity contribution is 9.10. The van der Waals surface area contributed by atoms with Crippen molar-refractivity contribution in [1.29, 1.82) is 0 Å². The van der Waals surface area contributed by atoms with E-state index in [-0.39, 0.29) is 16.6 Å². The molecular weight excluding hydrogens is 343 g/mol. The van der Waals surface area contributed by atoms with Gasteiger partial charge in [-0.3, -0.25) is 9.59 Å². The summed E-state index contributed by atoms with van der Waals surface area (Å²) in [7, 11) is 0. The van der Waals surface area contributed by atoms with E-state index in [0.29, 0.717) is 0 Å². The molecule has 2 atom stereocenters. The first-order chi connectivity index (χ1) is 9.20. The van der Waals surface area contributed by atoms with Gasteiger partial charge in [0.25, 0.3) is 0 Å². The Kier molecular flexibility index (Phi) is 3.77. The van der Waals surface area contributed by atoms with Crippen LogP contribution in [0.15, 0.2) is 22.7 Å². The molecule has 1 aliphatic carbocycles. The first kappa shape index (κ1) is 14.8. The number of aliphatic carboxylic acids is 1. The summed E-state index contributed by atoms with van der Waals surface area (Å²) in [6, 6.07) is 3.30. The average molecular weight is 352 g/mol. The molecule has 1 amide bonds. The summed E-state index contributed by atoms with van der Waals surface area (Å²) in [5.41, 5.74) is -0.914. The third kappa shape index (κ3) is 3.12. The lowest BCUT2D eigenvalue weighted by atomic mass is 10.2. The molecule has 0 heterocycles. The van der Waals surface area contributed by atoms with Gasteiger partial charge < -0.3 is 10.4 Å². The Morgan fingerprint density at radius 2 is 1.95 bits per heavy atom. The molecule has 8 heteroatoms. The Morgan fingerprint density at radius 3 is 2.45 bits per heavy atom. The number of carboxylic acids is 1. The molecule has 0 bridgehead atoms. The lowest BCUT2D eigenvalue weighted by molar-refractivity contribution is -0.140. The Labute approximate surface area is 120 Å². The van der Waals surface area contributed by atoms with Crippen molar-refractivity contribution in [3.8, 4) is 0 Å². The SMILES string of the molecule is O=C(O)[C@H]1C[C@H]1C(=O)Nc1ccc(Br)c(C(F)(F)F)c1. The number of nitrogens with one attached hydrogen (secondary N) is 1. The van der Waals surface area contributed by atoms with Gasteiger partial charge in [0.2, 0.25) is 5.91 Å². The fourth-order valence-electron chi connectivity index (χ4n) is 1.81. The maximum Gasteiger partial charge on any atom is 0.417 e. The number of benzene rings is 1. The van der Waals surface area contributed by atoms with Gasteiger partial charge in [-0.15, -0.1) is 0 Å². The molecule has 2 N–H and O–H groups in total. The summed E-state index contributed by atoms with van der Waals surface area (Å²) in [6.45, 7) is 0. The van der Waals surface area contributed by atoms with E-state index in [1.807, 2.05) is 0 Å². The highest BCUT2D eigenvalue weighted by atomic mass is 79.9. The van der Waals surface area contributed by atoms with Crippen LogP contribution in [-0.2, 0) is 15.8 Å². The monoisotopic (exact) mass is 351 g/mol. The van der Waals surface area contributed by atoms with Crippen molar-refractivity contribution >= 4 is 33.5 Å². The zero-order valence-corrected chi connectivity index (χ0v) is 11.5. The van der Waals surface area contributed by atoms with Crippen LogP contribution in [0.3, 0.4) is 0 Å². The standard InChI is InChI=1S/C12H9BrF3NO3/c13-9-2-1-5(3-8(9)12(14,15)16)17-10(18)6-4-7(6)11(19)20/h1-3,6-7H,4H2,(H,17,18)(H,19,20)/t6-,7+/m1/s1. The van der Waals surface area contributed by atoms with Gasteiger partial charge in [-0.2, -0.15) is 13.2 Å². The Bertz CT molecular complexity index is 574. The van der Waals surface area contributed by atoms with Crippen molar-refractivity contribution < 1.29 is 27.9 Å². The number of carbonyl (C=O) groups excluding carboxylic acids is 1. The van der Waals surface area contributed by atoms with Gasteiger partial charge >= 0.3 is 12.1 Å². The van der Waals surface area contributed by atoms with E-state index in [1.165, 1.54) is 12.1 Å². The minimum atomic E-state index is -4.54. The minimum absolute atomic E-state index is 0.0124. The van der Waals surface area contributed by atoms with Crippen molar-refractivity contribution in [3.05, 3.63) is 28.2 Å². The molecule has 1 aromatic carbocycles. The summed E-state index contributed by atoms with van der Waals surface area (Å²) in [4.78, 5) is 22.3. The number of carbonyl (C=O) groups is 2. The van der Waals surface area contributed by atoms with Crippen LogP contribution in [0, 0.1) is 11.8 Å². The zero-order valence-electron chi connectivity index (χ0n) is 9.87. The van der Waals surface area contributed by atoms with Crippen LogP contribution < -0.4 is 5.32 Å². The number of halogens is 4. The number of alkyl halides is 3. The van der Waals surface area contributed by atoms with Crippen LogP contribution in [0.4, 0.5) is 18.9 Å². The van der Waals surface area contributed by atoms with Gasteiger partial charge in [-0.1, -0.05) is 15.9 Å². The average Bonchev–Trinajstić information content (AvgIpc) is 3.10. The lowest BCUT2D eigenvalue weighted by Gasteiger charge is -2.11. The van der Waals surface area contributed by atoms with Crippen LogP contribution in [0.1, 0.15) is 12.0 Å². The van der Waals surface area contributed by atoms with Gasteiger partial charge in [0, 0.05) is 10.2 Å². The first-order valence-electron chi connectivity index (χ1n) is 5.60. The molecule has 2 rings (SSSR count). The molecule has 4 nitrogen and oxygen atoms in total. The first-order valence-corrected chi connectivity index (χ1v) is 6.40. The summed E-state index contributed by atoms with van der Waals surface area (Å²) < 4.78 is 37.9. The smallest absolute Gasteiger partial charge is 0.417 e. The second-order valence-corrected chi connectivity index (χ2v) is 5.32. The third-order valence-corrected chi connectivity index (χ3v) is 3.68. The molecule has 1 aromatic rings. The zero-order chi connectivity index (χ0) is 15.1. The molecular formula is C12H9BrF3NO3. The minimum Gasteiger partial charge on any atom is -0.481 e. The quantitative estimate of drug-likeness (QED) is 0.879. The number of hydrogen-bond donors (Lipinski definition) is 2. The van der Waals surface area contributed by atoms with E-state index in [1.54, 1.807) is 0 Å². The van der Waals surface area contributed by atoms with E-state index < -0.39 is 35.5 Å². The Morgan fingerprint density at radius 1 is 1.30 bits per heavy atom. The summed E-state index contributed by atoms with van der Waals surface area (Å²) in [5.74, 6) is -3.07. The van der Waals surface area contributed by atoms with Gasteiger partial charge in [0.1, 0.15) is 0 Å². The number of amides is 1. The molecule has 0 aliphatic heterocycles. The number of anilines is 1.